The molecule has 3 aromatic heterocycles. The highest BCUT2D eigenvalue weighted by Crippen LogP contribution is 2.34. The van der Waals surface area contributed by atoms with Crippen molar-refractivity contribution >= 4 is 50.4 Å². The number of para-hydroxylation sites is 1. The number of aryl methyl sites for hydroxylation is 2. The highest BCUT2D eigenvalue weighted by Gasteiger charge is 2.30. The maximum absolute atomic E-state index is 13.4. The number of carbonyl (C=O) groups is 1. The number of fused-ring (bicyclic) bond motifs is 2. The Morgan fingerprint density at radius 1 is 1.07 bits per heavy atom. The van der Waals surface area contributed by atoms with E-state index < -0.39 is 10.0 Å². The molecule has 2 aromatic carbocycles. The molecule has 0 saturated heterocycles. The Labute approximate surface area is 238 Å². The first-order valence-corrected chi connectivity index (χ1v) is 15.1. The molecule has 0 spiro atoms. The summed E-state index contributed by atoms with van der Waals surface area (Å²) in [6.45, 7) is 3.70. The van der Waals surface area contributed by atoms with Crippen LogP contribution in [0.1, 0.15) is 23.7 Å². The van der Waals surface area contributed by atoms with Crippen LogP contribution < -0.4 is 15.6 Å². The Kier molecular flexibility index (Phi) is 6.79. The van der Waals surface area contributed by atoms with Crippen molar-refractivity contribution in [1.29, 1.82) is 0 Å². The van der Waals surface area contributed by atoms with Crippen LogP contribution in [0.15, 0.2) is 81.8 Å². The summed E-state index contributed by atoms with van der Waals surface area (Å²) in [5.41, 5.74) is 3.13. The highest BCUT2D eigenvalue weighted by atomic mass is 32.2. The molecular weight excluding hydrogens is 564 g/mol. The van der Waals surface area contributed by atoms with Crippen LogP contribution in [0.3, 0.4) is 0 Å². The molecular formula is C27H24N8O4S2. The second-order valence-electron chi connectivity index (χ2n) is 9.52. The predicted octanol–water partition coefficient (Wildman–Crippen LogP) is 3.47. The second-order valence-corrected chi connectivity index (χ2v) is 12.2. The molecule has 0 aliphatic carbocycles. The van der Waals surface area contributed by atoms with Crippen molar-refractivity contribution in [1.82, 2.24) is 29.3 Å². The van der Waals surface area contributed by atoms with Crippen LogP contribution >= 0.6 is 11.8 Å². The van der Waals surface area contributed by atoms with E-state index in [0.717, 1.165) is 11.3 Å². The minimum absolute atomic E-state index is 0.00499. The fourth-order valence-corrected chi connectivity index (χ4v) is 6.66. The maximum Gasteiger partial charge on any atom is 0.265 e. The average molecular weight is 589 g/mol. The number of benzene rings is 2. The molecule has 1 aliphatic heterocycles. The van der Waals surface area contributed by atoms with Gasteiger partial charge in [-0.2, -0.15) is 5.10 Å². The van der Waals surface area contributed by atoms with Crippen molar-refractivity contribution in [2.24, 2.45) is 0 Å². The van der Waals surface area contributed by atoms with Crippen LogP contribution in [0.25, 0.3) is 16.7 Å². The maximum atomic E-state index is 13.4. The van der Waals surface area contributed by atoms with Gasteiger partial charge in [-0.15, -0.1) is 0 Å². The molecule has 2 N–H and O–H groups in total. The summed E-state index contributed by atoms with van der Waals surface area (Å²) in [4.78, 5) is 39.0. The highest BCUT2D eigenvalue weighted by molar-refractivity contribution is 7.99. The number of hydrogen-bond donors (Lipinski definition) is 2. The van der Waals surface area contributed by atoms with Crippen molar-refractivity contribution in [3.63, 3.8) is 0 Å². The summed E-state index contributed by atoms with van der Waals surface area (Å²) < 4.78 is 31.0. The largest absolute Gasteiger partial charge is 0.326 e. The number of anilines is 2. The van der Waals surface area contributed by atoms with Gasteiger partial charge in [-0.05, 0) is 55.8 Å². The van der Waals surface area contributed by atoms with Crippen molar-refractivity contribution in [2.45, 2.75) is 36.4 Å². The third-order valence-electron chi connectivity index (χ3n) is 6.60. The average Bonchev–Trinajstić information content (AvgIpc) is 3.54. The van der Waals surface area contributed by atoms with Gasteiger partial charge in [0.2, 0.25) is 11.9 Å². The molecule has 208 valence electrons. The number of rotatable bonds is 7. The Bertz CT molecular complexity index is 1970. The van der Waals surface area contributed by atoms with E-state index in [9.17, 15) is 18.0 Å². The van der Waals surface area contributed by atoms with Crippen molar-refractivity contribution in [3.05, 3.63) is 88.6 Å². The van der Waals surface area contributed by atoms with E-state index in [2.05, 4.69) is 25.1 Å². The first-order valence-electron chi connectivity index (χ1n) is 12.6. The van der Waals surface area contributed by atoms with Crippen LogP contribution in [0.4, 0.5) is 11.6 Å². The summed E-state index contributed by atoms with van der Waals surface area (Å²) in [6, 6.07) is 14.8. The molecule has 1 atom stereocenters. The number of aromatic nitrogens is 6. The molecule has 14 heteroatoms. The monoisotopic (exact) mass is 588 g/mol. The predicted molar refractivity (Wildman–Crippen MR) is 155 cm³/mol. The van der Waals surface area contributed by atoms with Gasteiger partial charge in [0, 0.05) is 29.8 Å². The summed E-state index contributed by atoms with van der Waals surface area (Å²) in [5, 5.41) is 8.12. The molecule has 0 saturated carbocycles. The number of thioether (sulfide) groups is 1. The van der Waals surface area contributed by atoms with Crippen molar-refractivity contribution < 1.29 is 13.2 Å². The van der Waals surface area contributed by atoms with Gasteiger partial charge in [0.05, 0.1) is 22.8 Å². The van der Waals surface area contributed by atoms with Gasteiger partial charge < -0.3 is 5.32 Å². The molecule has 1 aliphatic rings. The van der Waals surface area contributed by atoms with E-state index in [1.54, 1.807) is 22.2 Å². The summed E-state index contributed by atoms with van der Waals surface area (Å²) >= 11 is 1.42. The lowest BCUT2D eigenvalue weighted by molar-refractivity contribution is -0.116. The minimum atomic E-state index is -3.91. The van der Waals surface area contributed by atoms with E-state index >= 15 is 0 Å². The molecule has 6 rings (SSSR count). The molecule has 0 fully saturated rings. The Balaban J connectivity index is 1.17. The lowest BCUT2D eigenvalue weighted by Gasteiger charge is -2.14. The van der Waals surface area contributed by atoms with E-state index in [0.29, 0.717) is 33.3 Å². The zero-order valence-electron chi connectivity index (χ0n) is 22.0. The van der Waals surface area contributed by atoms with E-state index in [4.69, 9.17) is 4.98 Å². The minimum Gasteiger partial charge on any atom is -0.326 e. The standard InChI is InChI=1S/C27H24N8O4S2/c1-16-5-3-4-6-22(16)35-24-21(14-29-35)25(37)34-19(15-40-27(34)32-24)13-23(36)31-18-7-9-20(10-8-18)41(38,39)33-26-28-12-11-17(2)30-26/h3-12,14,19H,13,15H2,1-2H3,(H,31,36)(H,28,30,33). The summed E-state index contributed by atoms with van der Waals surface area (Å²) in [5.74, 6) is 0.179. The molecule has 12 nitrogen and oxygen atoms in total. The third-order valence-corrected chi connectivity index (χ3v) is 9.05. The number of carbonyl (C=O) groups excluding carboxylic acids is 1. The molecule has 1 unspecified atom stereocenters. The van der Waals surface area contributed by atoms with E-state index in [1.165, 1.54) is 48.4 Å². The molecule has 1 amide bonds. The fourth-order valence-electron chi connectivity index (χ4n) is 4.58. The number of sulfonamides is 1. The van der Waals surface area contributed by atoms with Gasteiger partial charge in [-0.3, -0.25) is 14.2 Å². The van der Waals surface area contributed by atoms with Gasteiger partial charge in [-0.25, -0.2) is 32.8 Å². The SMILES string of the molecule is Cc1ccnc(NS(=O)(=O)c2ccc(NC(=O)CC3CSc4nc5c(cnn5-c5ccccc5C)c(=O)n43)cc2)n1. The van der Waals surface area contributed by atoms with Gasteiger partial charge in [-0.1, -0.05) is 30.0 Å². The quantitative estimate of drug-likeness (QED) is 0.272. The first kappa shape index (κ1) is 26.7. The Morgan fingerprint density at radius 2 is 1.85 bits per heavy atom. The fraction of sp³-hybridized carbons (Fsp3) is 0.185. The second kappa shape index (κ2) is 10.4. The van der Waals surface area contributed by atoms with E-state index in [1.807, 2.05) is 31.2 Å². The molecule has 0 bridgehead atoms. The lowest BCUT2D eigenvalue weighted by Crippen LogP contribution is -2.27. The number of nitrogens with zero attached hydrogens (tertiary/aromatic N) is 6. The van der Waals surface area contributed by atoms with Crippen molar-refractivity contribution in [3.8, 4) is 5.69 Å². The zero-order chi connectivity index (χ0) is 28.7. The molecule has 41 heavy (non-hydrogen) atoms. The smallest absolute Gasteiger partial charge is 0.265 e. The molecule has 4 heterocycles. The topological polar surface area (TPSA) is 154 Å². The number of amides is 1. The van der Waals surface area contributed by atoms with Gasteiger partial charge in [0.1, 0.15) is 5.39 Å². The molecule has 5 aromatic rings. The van der Waals surface area contributed by atoms with Crippen molar-refractivity contribution in [2.75, 3.05) is 15.8 Å². The third kappa shape index (κ3) is 5.18. The number of hydrogen-bond acceptors (Lipinski definition) is 9. The van der Waals surface area contributed by atoms with Crippen LogP contribution in [0, 0.1) is 13.8 Å². The Morgan fingerprint density at radius 3 is 2.61 bits per heavy atom. The summed E-state index contributed by atoms with van der Waals surface area (Å²) in [6.07, 6.45) is 3.02. The van der Waals surface area contributed by atoms with Crippen LogP contribution in [-0.4, -0.2) is 49.4 Å². The van der Waals surface area contributed by atoms with Crippen LogP contribution in [0.2, 0.25) is 0 Å². The van der Waals surface area contributed by atoms with Gasteiger partial charge >= 0.3 is 0 Å². The first-order chi connectivity index (χ1) is 19.7. The van der Waals surface area contributed by atoms with Crippen LogP contribution in [-0.2, 0) is 14.8 Å². The Hall–Kier alpha value is -4.56. The lowest BCUT2D eigenvalue weighted by atomic mass is 10.2. The van der Waals surface area contributed by atoms with Crippen LogP contribution in [0.5, 0.6) is 0 Å². The molecule has 0 radical (unpaired) electrons. The van der Waals surface area contributed by atoms with Gasteiger partial charge in [0.15, 0.2) is 10.8 Å². The zero-order valence-corrected chi connectivity index (χ0v) is 23.6. The van der Waals surface area contributed by atoms with E-state index in [-0.39, 0.29) is 34.8 Å². The normalized spacial score (nSPS) is 14.6. The summed E-state index contributed by atoms with van der Waals surface area (Å²) in [7, 11) is -3.91. The number of nitrogens with one attached hydrogen (secondary N) is 2. The van der Waals surface area contributed by atoms with Gasteiger partial charge in [0.25, 0.3) is 15.6 Å².